The summed E-state index contributed by atoms with van der Waals surface area (Å²) in [6, 6.07) is 0. The number of hydrogen-bond donors (Lipinski definition) is 1. The lowest BCUT2D eigenvalue weighted by Gasteiger charge is -2.33. The van der Waals surface area contributed by atoms with Crippen LogP contribution in [-0.2, 0) is 0 Å². The number of rotatable bonds is 1. The molecule has 0 aromatic rings. The van der Waals surface area contributed by atoms with Crippen LogP contribution in [0.3, 0.4) is 0 Å². The van der Waals surface area contributed by atoms with Crippen molar-refractivity contribution in [3.8, 4) is 0 Å². The predicted molar refractivity (Wildman–Crippen MR) is 46.4 cm³/mol. The van der Waals surface area contributed by atoms with Crippen molar-refractivity contribution in [3.63, 3.8) is 0 Å². The van der Waals surface area contributed by atoms with Crippen LogP contribution in [0.2, 0.25) is 0 Å². The van der Waals surface area contributed by atoms with Gasteiger partial charge in [0.05, 0.1) is 5.60 Å². The Morgan fingerprint density at radius 3 is 2.80 bits per heavy atom. The Morgan fingerprint density at radius 2 is 2.40 bits per heavy atom. The second-order valence-electron chi connectivity index (χ2n) is 3.56. The summed E-state index contributed by atoms with van der Waals surface area (Å²) in [4.78, 5) is 0. The van der Waals surface area contributed by atoms with Crippen molar-refractivity contribution in [2.24, 2.45) is 5.92 Å². The van der Waals surface area contributed by atoms with E-state index in [0.717, 1.165) is 18.2 Å². The van der Waals surface area contributed by atoms with Crippen LogP contribution in [0.5, 0.6) is 0 Å². The molecule has 0 aromatic heterocycles. The summed E-state index contributed by atoms with van der Waals surface area (Å²) in [5.41, 5.74) is -0.391. The van der Waals surface area contributed by atoms with Gasteiger partial charge in [-0.05, 0) is 18.8 Å². The fourth-order valence-electron chi connectivity index (χ4n) is 1.75. The molecule has 1 nitrogen and oxygen atoms in total. The van der Waals surface area contributed by atoms with Gasteiger partial charge < -0.3 is 5.11 Å². The Morgan fingerprint density at radius 1 is 1.70 bits per heavy atom. The standard InChI is InChI=1S/C8H15BrO/c1-7-3-2-4-8(10,5-7)6-9/h7,10H,2-6H2,1H3/t7-,8+/m1/s1. The number of aliphatic hydroxyl groups is 1. The summed E-state index contributed by atoms with van der Waals surface area (Å²) < 4.78 is 0. The Balaban J connectivity index is 2.45. The molecule has 2 heteroatoms. The Bertz CT molecular complexity index is 116. The zero-order chi connectivity index (χ0) is 7.61. The summed E-state index contributed by atoms with van der Waals surface area (Å²) >= 11 is 3.34. The topological polar surface area (TPSA) is 20.2 Å². The van der Waals surface area contributed by atoms with Gasteiger partial charge in [-0.2, -0.15) is 0 Å². The Kier molecular flexibility index (Phi) is 2.75. The highest BCUT2D eigenvalue weighted by Crippen LogP contribution is 2.33. The molecule has 0 radical (unpaired) electrons. The molecule has 1 aliphatic rings. The highest BCUT2D eigenvalue weighted by Gasteiger charge is 2.30. The molecule has 1 rings (SSSR count). The maximum absolute atomic E-state index is 9.80. The minimum atomic E-state index is -0.391. The molecular weight excluding hydrogens is 192 g/mol. The molecule has 1 aliphatic carbocycles. The molecule has 0 amide bonds. The van der Waals surface area contributed by atoms with Crippen LogP contribution < -0.4 is 0 Å². The molecule has 1 N–H and O–H groups in total. The third kappa shape index (κ3) is 1.96. The van der Waals surface area contributed by atoms with Crippen LogP contribution in [-0.4, -0.2) is 16.0 Å². The van der Waals surface area contributed by atoms with Gasteiger partial charge in [-0.3, -0.25) is 0 Å². The number of alkyl halides is 1. The maximum Gasteiger partial charge on any atom is 0.0746 e. The van der Waals surface area contributed by atoms with Crippen LogP contribution >= 0.6 is 15.9 Å². The molecule has 0 unspecified atom stereocenters. The summed E-state index contributed by atoms with van der Waals surface area (Å²) in [5, 5.41) is 10.5. The first-order chi connectivity index (χ1) is 4.66. The molecule has 0 spiro atoms. The van der Waals surface area contributed by atoms with E-state index < -0.39 is 5.60 Å². The Hall–Kier alpha value is 0.440. The van der Waals surface area contributed by atoms with Crippen molar-refractivity contribution in [1.29, 1.82) is 0 Å². The van der Waals surface area contributed by atoms with Gasteiger partial charge in [0.2, 0.25) is 0 Å². The monoisotopic (exact) mass is 206 g/mol. The Labute approximate surface area is 70.9 Å². The van der Waals surface area contributed by atoms with Gasteiger partial charge in [-0.1, -0.05) is 35.7 Å². The summed E-state index contributed by atoms with van der Waals surface area (Å²) in [5.74, 6) is 0.705. The highest BCUT2D eigenvalue weighted by atomic mass is 79.9. The largest absolute Gasteiger partial charge is 0.389 e. The third-order valence-corrected chi connectivity index (χ3v) is 3.36. The minimum Gasteiger partial charge on any atom is -0.389 e. The van der Waals surface area contributed by atoms with E-state index in [0.29, 0.717) is 5.92 Å². The van der Waals surface area contributed by atoms with E-state index in [2.05, 4.69) is 22.9 Å². The second-order valence-corrected chi connectivity index (χ2v) is 4.12. The first kappa shape index (κ1) is 8.54. The zero-order valence-electron chi connectivity index (χ0n) is 6.44. The van der Waals surface area contributed by atoms with Crippen LogP contribution in [0.15, 0.2) is 0 Å². The average molecular weight is 207 g/mol. The number of hydrogen-bond acceptors (Lipinski definition) is 1. The first-order valence-corrected chi connectivity index (χ1v) is 5.07. The lowest BCUT2D eigenvalue weighted by Crippen LogP contribution is -2.35. The smallest absolute Gasteiger partial charge is 0.0746 e. The van der Waals surface area contributed by atoms with E-state index in [1.54, 1.807) is 0 Å². The third-order valence-electron chi connectivity index (χ3n) is 2.32. The normalized spacial score (nSPS) is 41.7. The fourth-order valence-corrected chi connectivity index (χ4v) is 2.26. The molecule has 10 heavy (non-hydrogen) atoms. The van der Waals surface area contributed by atoms with E-state index >= 15 is 0 Å². The molecule has 0 aliphatic heterocycles. The van der Waals surface area contributed by atoms with Crippen molar-refractivity contribution in [2.75, 3.05) is 5.33 Å². The van der Waals surface area contributed by atoms with Gasteiger partial charge in [-0.15, -0.1) is 0 Å². The van der Waals surface area contributed by atoms with Crippen LogP contribution in [0.25, 0.3) is 0 Å². The minimum absolute atomic E-state index is 0.391. The fraction of sp³-hybridized carbons (Fsp3) is 1.00. The van der Waals surface area contributed by atoms with E-state index in [1.807, 2.05) is 0 Å². The van der Waals surface area contributed by atoms with Gasteiger partial charge in [0.25, 0.3) is 0 Å². The lowest BCUT2D eigenvalue weighted by molar-refractivity contribution is 0.0102. The van der Waals surface area contributed by atoms with E-state index in [1.165, 1.54) is 12.8 Å². The van der Waals surface area contributed by atoms with Crippen molar-refractivity contribution < 1.29 is 5.11 Å². The molecule has 0 aromatic carbocycles. The van der Waals surface area contributed by atoms with Gasteiger partial charge in [0.15, 0.2) is 0 Å². The SMILES string of the molecule is C[C@@H]1CCC[C@@](O)(CBr)C1. The van der Waals surface area contributed by atoms with Gasteiger partial charge >= 0.3 is 0 Å². The molecule has 1 fully saturated rings. The highest BCUT2D eigenvalue weighted by molar-refractivity contribution is 9.09. The summed E-state index contributed by atoms with van der Waals surface area (Å²) in [6.07, 6.45) is 4.42. The summed E-state index contributed by atoms with van der Waals surface area (Å²) in [7, 11) is 0. The van der Waals surface area contributed by atoms with Crippen molar-refractivity contribution >= 4 is 15.9 Å². The molecule has 60 valence electrons. The van der Waals surface area contributed by atoms with Crippen molar-refractivity contribution in [2.45, 2.75) is 38.2 Å². The van der Waals surface area contributed by atoms with Crippen LogP contribution in [0, 0.1) is 5.92 Å². The predicted octanol–water partition coefficient (Wildman–Crippen LogP) is 2.32. The number of halogens is 1. The van der Waals surface area contributed by atoms with Gasteiger partial charge in [-0.25, -0.2) is 0 Å². The van der Waals surface area contributed by atoms with Gasteiger partial charge in [0, 0.05) is 5.33 Å². The van der Waals surface area contributed by atoms with Crippen molar-refractivity contribution in [3.05, 3.63) is 0 Å². The molecule has 1 saturated carbocycles. The molecule has 2 atom stereocenters. The zero-order valence-corrected chi connectivity index (χ0v) is 8.02. The first-order valence-electron chi connectivity index (χ1n) is 3.95. The second kappa shape index (κ2) is 3.22. The molecule has 0 bridgehead atoms. The van der Waals surface area contributed by atoms with Crippen LogP contribution in [0.1, 0.15) is 32.6 Å². The van der Waals surface area contributed by atoms with Gasteiger partial charge in [0.1, 0.15) is 0 Å². The van der Waals surface area contributed by atoms with E-state index in [-0.39, 0.29) is 0 Å². The quantitative estimate of drug-likeness (QED) is 0.654. The van der Waals surface area contributed by atoms with Crippen LogP contribution in [0.4, 0.5) is 0 Å². The summed E-state index contributed by atoms with van der Waals surface area (Å²) in [6.45, 7) is 2.22. The van der Waals surface area contributed by atoms with E-state index in [9.17, 15) is 5.11 Å². The average Bonchev–Trinajstić information content (AvgIpc) is 1.88. The van der Waals surface area contributed by atoms with Crippen molar-refractivity contribution in [1.82, 2.24) is 0 Å². The molecular formula is C8H15BrO. The van der Waals surface area contributed by atoms with E-state index in [4.69, 9.17) is 0 Å². The molecule has 0 saturated heterocycles. The molecule has 0 heterocycles. The lowest BCUT2D eigenvalue weighted by atomic mass is 9.80. The maximum atomic E-state index is 9.80.